The molecule has 0 radical (unpaired) electrons. The first-order valence-electron chi connectivity index (χ1n) is 3.57. The molecule has 0 aromatic rings. The fraction of sp³-hybridized carbons (Fsp3) is 1.00. The smallest absolute Gasteiger partial charge is 0.195 e. The Morgan fingerprint density at radius 1 is 1.64 bits per heavy atom. The van der Waals surface area contributed by atoms with Crippen molar-refractivity contribution in [3.63, 3.8) is 0 Å². The Labute approximate surface area is 71.9 Å². The standard InChI is InChI=1S/C6H12ClNO2S/c1-5-3-6(5)4-8(2)11(7,9)10/h5-6H,3-4H2,1-2H3. The average Bonchev–Trinajstić information content (AvgIpc) is 2.44. The van der Waals surface area contributed by atoms with Crippen molar-refractivity contribution < 1.29 is 8.42 Å². The first-order chi connectivity index (χ1) is 4.91. The van der Waals surface area contributed by atoms with Gasteiger partial charge in [-0.3, -0.25) is 0 Å². The van der Waals surface area contributed by atoms with Crippen LogP contribution in [0.5, 0.6) is 0 Å². The minimum absolute atomic E-state index is 0.522. The molecule has 3 nitrogen and oxygen atoms in total. The second kappa shape index (κ2) is 2.92. The lowest BCUT2D eigenvalue weighted by atomic mass is 10.3. The molecule has 1 aliphatic rings. The molecule has 1 fully saturated rings. The molecular formula is C6H12ClNO2S. The second-order valence-electron chi connectivity index (χ2n) is 3.20. The summed E-state index contributed by atoms with van der Waals surface area (Å²) < 4.78 is 22.6. The largest absolute Gasteiger partial charge is 0.299 e. The Morgan fingerprint density at radius 2 is 2.09 bits per heavy atom. The Morgan fingerprint density at radius 3 is 2.36 bits per heavy atom. The molecule has 1 rings (SSSR count). The van der Waals surface area contributed by atoms with E-state index in [-0.39, 0.29) is 0 Å². The topological polar surface area (TPSA) is 37.4 Å². The minimum Gasteiger partial charge on any atom is -0.195 e. The number of nitrogens with zero attached hydrogens (tertiary/aromatic N) is 1. The van der Waals surface area contributed by atoms with Gasteiger partial charge in [0.05, 0.1) is 0 Å². The van der Waals surface area contributed by atoms with Crippen molar-refractivity contribution in [1.82, 2.24) is 4.31 Å². The maximum Gasteiger partial charge on any atom is 0.299 e. The zero-order valence-corrected chi connectivity index (χ0v) is 8.19. The van der Waals surface area contributed by atoms with Gasteiger partial charge in [-0.05, 0) is 18.3 Å². The third-order valence-corrected chi connectivity index (χ3v) is 3.74. The first kappa shape index (κ1) is 9.29. The van der Waals surface area contributed by atoms with Crippen molar-refractivity contribution in [2.24, 2.45) is 11.8 Å². The van der Waals surface area contributed by atoms with Crippen LogP contribution in [0.2, 0.25) is 0 Å². The summed E-state index contributed by atoms with van der Waals surface area (Å²) in [5, 5.41) is 0. The van der Waals surface area contributed by atoms with Crippen LogP contribution >= 0.6 is 10.7 Å². The number of rotatable bonds is 3. The molecule has 5 heteroatoms. The van der Waals surface area contributed by atoms with Gasteiger partial charge in [0.15, 0.2) is 0 Å². The van der Waals surface area contributed by atoms with E-state index in [1.54, 1.807) is 0 Å². The molecule has 1 aliphatic carbocycles. The molecule has 2 unspecified atom stereocenters. The number of hydrogen-bond acceptors (Lipinski definition) is 2. The van der Waals surface area contributed by atoms with Gasteiger partial charge in [-0.1, -0.05) is 6.92 Å². The molecule has 0 aromatic carbocycles. The van der Waals surface area contributed by atoms with Crippen LogP contribution in [0, 0.1) is 11.8 Å². The van der Waals surface area contributed by atoms with E-state index in [0.29, 0.717) is 18.4 Å². The lowest BCUT2D eigenvalue weighted by Crippen LogP contribution is -2.24. The second-order valence-corrected chi connectivity index (χ2v) is 5.81. The van der Waals surface area contributed by atoms with Gasteiger partial charge >= 0.3 is 0 Å². The lowest BCUT2D eigenvalue weighted by molar-refractivity contribution is 0.456. The molecule has 2 atom stereocenters. The molecule has 0 amide bonds. The average molecular weight is 198 g/mol. The van der Waals surface area contributed by atoms with Gasteiger partial charge < -0.3 is 0 Å². The normalized spacial score (nSPS) is 30.9. The van der Waals surface area contributed by atoms with Crippen molar-refractivity contribution in [3.8, 4) is 0 Å². The van der Waals surface area contributed by atoms with Crippen LogP contribution < -0.4 is 0 Å². The van der Waals surface area contributed by atoms with E-state index >= 15 is 0 Å². The molecule has 0 aromatic heterocycles. The van der Waals surface area contributed by atoms with Crippen molar-refractivity contribution in [2.45, 2.75) is 13.3 Å². The number of halogens is 1. The van der Waals surface area contributed by atoms with E-state index < -0.39 is 9.24 Å². The van der Waals surface area contributed by atoms with Crippen LogP contribution in [0.15, 0.2) is 0 Å². The zero-order valence-electron chi connectivity index (χ0n) is 6.62. The first-order valence-corrected chi connectivity index (χ1v) is 5.84. The minimum atomic E-state index is -3.48. The van der Waals surface area contributed by atoms with Crippen molar-refractivity contribution in [1.29, 1.82) is 0 Å². The van der Waals surface area contributed by atoms with Gasteiger partial charge in [0.2, 0.25) is 0 Å². The van der Waals surface area contributed by atoms with Gasteiger partial charge in [-0.2, -0.15) is 12.7 Å². The highest BCUT2D eigenvalue weighted by molar-refractivity contribution is 8.11. The summed E-state index contributed by atoms with van der Waals surface area (Å²) in [7, 11) is 3.13. The van der Waals surface area contributed by atoms with Crippen LogP contribution in [0.4, 0.5) is 0 Å². The van der Waals surface area contributed by atoms with Gasteiger partial charge in [0.25, 0.3) is 9.24 Å². The third kappa shape index (κ3) is 2.61. The highest BCUT2D eigenvalue weighted by Gasteiger charge is 2.35. The fourth-order valence-corrected chi connectivity index (χ4v) is 1.61. The summed E-state index contributed by atoms with van der Waals surface area (Å²) in [6.45, 7) is 2.67. The van der Waals surface area contributed by atoms with Crippen LogP contribution in [-0.4, -0.2) is 26.3 Å². The van der Waals surface area contributed by atoms with Crippen molar-refractivity contribution in [2.75, 3.05) is 13.6 Å². The Balaban J connectivity index is 2.39. The quantitative estimate of drug-likeness (QED) is 0.635. The molecule has 0 aliphatic heterocycles. The highest BCUT2D eigenvalue weighted by Crippen LogP contribution is 2.38. The van der Waals surface area contributed by atoms with Gasteiger partial charge in [-0.15, -0.1) is 0 Å². The van der Waals surface area contributed by atoms with E-state index in [4.69, 9.17) is 10.7 Å². The fourth-order valence-electron chi connectivity index (χ4n) is 1.07. The molecule has 11 heavy (non-hydrogen) atoms. The summed E-state index contributed by atoms with van der Waals surface area (Å²) in [5.41, 5.74) is 0. The van der Waals surface area contributed by atoms with Crippen LogP contribution in [-0.2, 0) is 9.24 Å². The molecule has 66 valence electrons. The molecule has 0 saturated heterocycles. The Kier molecular flexibility index (Phi) is 2.46. The maximum absolute atomic E-state index is 10.7. The predicted molar refractivity (Wildman–Crippen MR) is 44.7 cm³/mol. The summed E-state index contributed by atoms with van der Waals surface area (Å²) in [5.74, 6) is 1.18. The third-order valence-electron chi connectivity index (χ3n) is 2.14. The van der Waals surface area contributed by atoms with Gasteiger partial charge in [0.1, 0.15) is 0 Å². The zero-order chi connectivity index (χ0) is 8.65. The van der Waals surface area contributed by atoms with Gasteiger partial charge in [0, 0.05) is 24.3 Å². The Hall–Kier alpha value is 0.200. The van der Waals surface area contributed by atoms with E-state index in [1.807, 2.05) is 0 Å². The van der Waals surface area contributed by atoms with Crippen molar-refractivity contribution in [3.05, 3.63) is 0 Å². The molecule has 0 spiro atoms. The maximum atomic E-state index is 10.7. The molecular weight excluding hydrogens is 186 g/mol. The van der Waals surface area contributed by atoms with Crippen molar-refractivity contribution >= 4 is 19.9 Å². The molecule has 1 saturated carbocycles. The van der Waals surface area contributed by atoms with E-state index in [2.05, 4.69) is 6.92 Å². The SMILES string of the molecule is CC1CC1CN(C)S(=O)(=O)Cl. The summed E-state index contributed by atoms with van der Waals surface area (Å²) >= 11 is 0. The van der Waals surface area contributed by atoms with E-state index in [0.717, 1.165) is 6.42 Å². The molecule has 0 bridgehead atoms. The Bertz CT molecular complexity index is 239. The van der Waals surface area contributed by atoms with E-state index in [1.165, 1.54) is 11.4 Å². The summed E-state index contributed by atoms with van der Waals surface area (Å²) in [6.07, 6.45) is 1.12. The van der Waals surface area contributed by atoms with Crippen LogP contribution in [0.3, 0.4) is 0 Å². The monoisotopic (exact) mass is 197 g/mol. The lowest BCUT2D eigenvalue weighted by Gasteiger charge is -2.10. The van der Waals surface area contributed by atoms with Gasteiger partial charge in [-0.25, -0.2) is 0 Å². The summed E-state index contributed by atoms with van der Waals surface area (Å²) in [4.78, 5) is 0. The summed E-state index contributed by atoms with van der Waals surface area (Å²) in [6, 6.07) is 0. The molecule has 0 N–H and O–H groups in total. The van der Waals surface area contributed by atoms with E-state index in [9.17, 15) is 8.42 Å². The van der Waals surface area contributed by atoms with Crippen LogP contribution in [0.1, 0.15) is 13.3 Å². The molecule has 0 heterocycles. The number of hydrogen-bond donors (Lipinski definition) is 0. The predicted octanol–water partition coefficient (Wildman–Crippen LogP) is 1.06. The van der Waals surface area contributed by atoms with Crippen LogP contribution in [0.25, 0.3) is 0 Å². The highest BCUT2D eigenvalue weighted by atomic mass is 35.7.